The topological polar surface area (TPSA) is 43.6 Å². The number of benzene rings is 11. The minimum atomic E-state index is -3.64. The molecule has 0 saturated heterocycles. The van der Waals surface area contributed by atoms with E-state index in [1.54, 1.807) is 0 Å². The second-order valence-electron chi connectivity index (χ2n) is 20.8. The van der Waals surface area contributed by atoms with Crippen molar-refractivity contribution >= 4 is 52.7 Å². The number of hydrogen-bond donors (Lipinski definition) is 0. The Bertz CT molecular complexity index is 4040. The van der Waals surface area contributed by atoms with Gasteiger partial charge in [0.25, 0.3) is 0 Å². The summed E-state index contributed by atoms with van der Waals surface area (Å²) in [4.78, 5) is 16.1. The van der Waals surface area contributed by atoms with Crippen molar-refractivity contribution in [3.8, 4) is 73.2 Å². The Morgan fingerprint density at radius 1 is 0.269 bits per heavy atom. The van der Waals surface area contributed by atoms with Crippen LogP contribution in [0.25, 0.3) is 95.0 Å². The number of aromatic nitrogens is 4. The van der Waals surface area contributed by atoms with Gasteiger partial charge in [-0.1, -0.05) is 70.8 Å². The average molecular weight is 1060 g/mol. The van der Waals surface area contributed by atoms with Gasteiger partial charge in [-0.25, -0.2) is 0 Å². The summed E-state index contributed by atoms with van der Waals surface area (Å²) in [6.07, 6.45) is 0. The Hall–Kier alpha value is -9.23. The van der Waals surface area contributed by atoms with Gasteiger partial charge < -0.3 is 0 Å². The Labute approximate surface area is 459 Å². The van der Waals surface area contributed by atoms with Gasteiger partial charge in [-0.15, -0.1) is 0 Å². The summed E-state index contributed by atoms with van der Waals surface area (Å²) >= 11 is -3.64. The van der Waals surface area contributed by atoms with Crippen LogP contribution >= 0.6 is 0 Å². The third-order valence-electron chi connectivity index (χ3n) is 15.3. The van der Waals surface area contributed by atoms with E-state index >= 15 is 0 Å². The van der Waals surface area contributed by atoms with E-state index in [1.165, 1.54) is 72.9 Å². The Morgan fingerprint density at radius 2 is 0.628 bits per heavy atom. The van der Waals surface area contributed by atoms with Crippen molar-refractivity contribution in [3.63, 3.8) is 0 Å². The smallest absolute Gasteiger partial charge is 0.0514 e. The van der Waals surface area contributed by atoms with Gasteiger partial charge in [-0.3, -0.25) is 0 Å². The SMILES string of the molecule is Cc1cc(C)cc(-c2ccc3c(c2)c2cc(-c4cc(C)cc(C)c4)ccc2n3-c2ccc(-c3ccc[c]([Ge]([c]4ccccc4)([c]4ccccc4)[c]4ccccc4)c3)cc2-c2nc(-c3ccccc3)nc(-c3ccccc3)n2)c1. The first-order chi connectivity index (χ1) is 38.3. The van der Waals surface area contributed by atoms with Crippen molar-refractivity contribution in [2.24, 2.45) is 0 Å². The molecule has 11 aromatic carbocycles. The zero-order valence-corrected chi connectivity index (χ0v) is 46.3. The molecule has 0 aliphatic carbocycles. The largest absolute Gasteiger partial charge is 0.0514 e. The van der Waals surface area contributed by atoms with Crippen LogP contribution in [0.3, 0.4) is 0 Å². The first kappa shape index (κ1) is 48.4. The second kappa shape index (κ2) is 20.4. The molecule has 0 unspecified atom stereocenters. The predicted octanol–water partition coefficient (Wildman–Crippen LogP) is 15.6. The van der Waals surface area contributed by atoms with Crippen LogP contribution in [0.2, 0.25) is 0 Å². The van der Waals surface area contributed by atoms with Gasteiger partial charge in [0.2, 0.25) is 0 Å². The van der Waals surface area contributed by atoms with Crippen molar-refractivity contribution in [3.05, 3.63) is 289 Å². The number of rotatable bonds is 11. The van der Waals surface area contributed by atoms with E-state index in [9.17, 15) is 0 Å². The van der Waals surface area contributed by atoms with E-state index in [0.29, 0.717) is 17.5 Å². The molecule has 0 N–H and O–H groups in total. The monoisotopic (exact) mass is 1060 g/mol. The van der Waals surface area contributed by atoms with Crippen LogP contribution < -0.4 is 17.6 Å². The Kier molecular flexibility index (Phi) is 12.6. The molecular weight excluding hydrogens is 1010 g/mol. The van der Waals surface area contributed by atoms with Gasteiger partial charge in [0, 0.05) is 0 Å². The summed E-state index contributed by atoms with van der Waals surface area (Å²) in [7, 11) is 0. The molecule has 0 spiro atoms. The minimum absolute atomic E-state index is 0.592. The molecular formula is C73H56GeN4. The molecule has 0 atom stereocenters. The van der Waals surface area contributed by atoms with Gasteiger partial charge in [-0.2, -0.15) is 0 Å². The summed E-state index contributed by atoms with van der Waals surface area (Å²) < 4.78 is 7.92. The van der Waals surface area contributed by atoms with E-state index in [4.69, 9.17) is 15.0 Å². The summed E-state index contributed by atoms with van der Waals surface area (Å²) in [5, 5.41) is 2.35. The van der Waals surface area contributed by atoms with E-state index in [-0.39, 0.29) is 0 Å². The molecule has 5 heteroatoms. The van der Waals surface area contributed by atoms with Crippen LogP contribution in [-0.2, 0) is 0 Å². The quantitative estimate of drug-likeness (QED) is 0.121. The van der Waals surface area contributed by atoms with E-state index in [1.807, 2.05) is 36.4 Å². The molecule has 2 heterocycles. The molecule has 78 heavy (non-hydrogen) atoms. The predicted molar refractivity (Wildman–Crippen MR) is 329 cm³/mol. The molecule has 0 bridgehead atoms. The number of aryl methyl sites for hydroxylation is 4. The Morgan fingerprint density at radius 3 is 1.08 bits per heavy atom. The fourth-order valence-corrected chi connectivity index (χ4v) is 22.0. The summed E-state index contributed by atoms with van der Waals surface area (Å²) in [6, 6.07) is 98.1. The first-order valence-electron chi connectivity index (χ1n) is 26.8. The second-order valence-corrected chi connectivity index (χ2v) is 28.7. The van der Waals surface area contributed by atoms with Gasteiger partial charge in [0.05, 0.1) is 0 Å². The van der Waals surface area contributed by atoms with E-state index in [2.05, 4.69) is 263 Å². The molecule has 13 aromatic rings. The van der Waals surface area contributed by atoms with Crippen LogP contribution in [0.15, 0.2) is 267 Å². The van der Waals surface area contributed by atoms with Gasteiger partial charge in [0.1, 0.15) is 0 Å². The maximum atomic E-state index is 5.45. The molecule has 2 aromatic heterocycles. The molecule has 4 nitrogen and oxygen atoms in total. The maximum Gasteiger partial charge on any atom is -0.0514 e. The maximum absolute atomic E-state index is 5.45. The zero-order chi connectivity index (χ0) is 52.7. The zero-order valence-electron chi connectivity index (χ0n) is 44.2. The van der Waals surface area contributed by atoms with E-state index < -0.39 is 13.3 Å². The molecule has 0 aliphatic rings. The standard InChI is InChI=1S/C73H56GeN4/c1-49-39-50(2)42-59(41-49)57-34-36-68-65(46-57)66-47-58(60-43-51(3)40-52(4)44-60)35-37-69(66)78(68)70-38-33-56(48-67(70)73-76-71(53-21-10-5-11-22-53)75-72(77-73)54-23-12-6-13-24-54)55-25-20-32-64(45-55)74(61-26-14-7-15-27-61,62-28-16-8-17-29-62)63-30-18-9-19-31-63/h5-48H,1-4H3. The van der Waals surface area contributed by atoms with Crippen LogP contribution in [0.1, 0.15) is 22.3 Å². The van der Waals surface area contributed by atoms with Crippen LogP contribution in [0, 0.1) is 27.7 Å². The molecule has 0 amide bonds. The van der Waals surface area contributed by atoms with Crippen molar-refractivity contribution < 1.29 is 0 Å². The third kappa shape index (κ3) is 8.94. The number of fused-ring (bicyclic) bond motifs is 3. The Balaban J connectivity index is 1.09. The summed E-state index contributed by atoms with van der Waals surface area (Å²) in [5.74, 6) is 1.82. The van der Waals surface area contributed by atoms with Gasteiger partial charge >= 0.3 is 353 Å². The molecule has 0 fully saturated rings. The fourth-order valence-electron chi connectivity index (χ4n) is 11.9. The third-order valence-corrected chi connectivity index (χ3v) is 25.3. The van der Waals surface area contributed by atoms with Crippen molar-refractivity contribution in [2.45, 2.75) is 27.7 Å². The normalized spacial score (nSPS) is 11.6. The molecule has 0 saturated carbocycles. The number of nitrogens with zero attached hydrogens (tertiary/aromatic N) is 4. The van der Waals surface area contributed by atoms with Crippen molar-refractivity contribution in [1.82, 2.24) is 19.5 Å². The minimum Gasteiger partial charge on any atom is -0.0514 e. The fraction of sp³-hybridized carbons (Fsp3) is 0.0548. The molecule has 0 aliphatic heterocycles. The molecule has 0 radical (unpaired) electrons. The first-order valence-corrected chi connectivity index (χ1v) is 31.0. The molecule has 372 valence electrons. The van der Waals surface area contributed by atoms with Gasteiger partial charge in [0.15, 0.2) is 0 Å². The van der Waals surface area contributed by atoms with Crippen LogP contribution in [-0.4, -0.2) is 32.8 Å². The number of hydrogen-bond acceptors (Lipinski definition) is 3. The molecule has 13 rings (SSSR count). The van der Waals surface area contributed by atoms with Crippen molar-refractivity contribution in [2.75, 3.05) is 0 Å². The summed E-state index contributed by atoms with van der Waals surface area (Å²) in [6.45, 7) is 8.73. The average Bonchev–Trinajstić information content (AvgIpc) is 3.90. The van der Waals surface area contributed by atoms with Crippen LogP contribution in [0.4, 0.5) is 0 Å². The van der Waals surface area contributed by atoms with Crippen molar-refractivity contribution in [1.29, 1.82) is 0 Å². The van der Waals surface area contributed by atoms with E-state index in [0.717, 1.165) is 44.5 Å². The van der Waals surface area contributed by atoms with Crippen LogP contribution in [0.5, 0.6) is 0 Å². The summed E-state index contributed by atoms with van der Waals surface area (Å²) in [5.41, 5.74) is 17.9. The van der Waals surface area contributed by atoms with Gasteiger partial charge in [-0.05, 0) is 38.8 Å².